The zero-order chi connectivity index (χ0) is 32.5. The molecule has 11 nitrogen and oxygen atoms in total. The van der Waals surface area contributed by atoms with Crippen LogP contribution in [0.15, 0.2) is 66.7 Å². The molecule has 0 radical (unpaired) electrons. The lowest BCUT2D eigenvalue weighted by Gasteiger charge is -2.25. The maximum Gasteiger partial charge on any atom is 0.418 e. The van der Waals surface area contributed by atoms with Crippen LogP contribution in [0.5, 0.6) is 0 Å². The summed E-state index contributed by atoms with van der Waals surface area (Å²) >= 11 is 0. The van der Waals surface area contributed by atoms with E-state index >= 15 is 0 Å². The molecule has 12 heteroatoms. The van der Waals surface area contributed by atoms with Gasteiger partial charge < -0.3 is 25.0 Å². The van der Waals surface area contributed by atoms with E-state index < -0.39 is 53.5 Å². The summed E-state index contributed by atoms with van der Waals surface area (Å²) in [6.45, 7) is 4.65. The molecule has 0 saturated carbocycles. The number of ether oxygens (including phenoxy) is 2. The molecule has 0 unspecified atom stereocenters. The van der Waals surface area contributed by atoms with E-state index in [-0.39, 0.29) is 18.5 Å². The molecular weight excluding hydrogens is 583 g/mol. The number of aryl methyl sites for hydroxylation is 1. The number of fused-ring (bicyclic) bond motifs is 2. The van der Waals surface area contributed by atoms with Crippen LogP contribution >= 0.6 is 0 Å². The van der Waals surface area contributed by atoms with Crippen LogP contribution in [0.25, 0.3) is 0 Å². The number of benzene rings is 3. The number of urea groups is 1. The van der Waals surface area contributed by atoms with Crippen LogP contribution in [-0.2, 0) is 37.6 Å². The molecule has 3 aromatic carbocycles. The summed E-state index contributed by atoms with van der Waals surface area (Å²) in [4.78, 5) is 67.1. The van der Waals surface area contributed by atoms with Crippen molar-refractivity contribution < 1.29 is 37.8 Å². The molecule has 1 heterocycles. The van der Waals surface area contributed by atoms with Crippen LogP contribution in [0.4, 0.5) is 25.4 Å². The minimum atomic E-state index is -1.57. The van der Waals surface area contributed by atoms with E-state index in [0.29, 0.717) is 28.9 Å². The highest BCUT2D eigenvalue weighted by Crippen LogP contribution is 2.46. The lowest BCUT2D eigenvalue weighted by Crippen LogP contribution is -2.44. The first-order valence-electron chi connectivity index (χ1n) is 14.3. The molecule has 1 aliphatic carbocycles. The Balaban J connectivity index is 1.39. The number of esters is 1. The number of hydrogen-bond acceptors (Lipinski definition) is 7. The maximum atomic E-state index is 13.8. The zero-order valence-corrected chi connectivity index (χ0v) is 25.3. The van der Waals surface area contributed by atoms with Crippen molar-refractivity contribution in [1.82, 2.24) is 10.2 Å². The van der Waals surface area contributed by atoms with E-state index in [1.54, 1.807) is 51.1 Å². The lowest BCUT2D eigenvalue weighted by atomic mass is 9.94. The van der Waals surface area contributed by atoms with Crippen LogP contribution in [-0.4, -0.2) is 54.0 Å². The van der Waals surface area contributed by atoms with Gasteiger partial charge >= 0.3 is 18.1 Å². The molecule has 1 atom stereocenters. The molecule has 5 amide bonds. The van der Waals surface area contributed by atoms with Gasteiger partial charge in [-0.25, -0.2) is 23.7 Å². The average molecular weight is 617 g/mol. The minimum Gasteiger partial charge on any atom is -0.456 e. The van der Waals surface area contributed by atoms with Crippen molar-refractivity contribution in [3.05, 3.63) is 94.8 Å². The molecule has 2 N–H and O–H groups in total. The summed E-state index contributed by atoms with van der Waals surface area (Å²) in [6.07, 6.45) is -0.345. The topological polar surface area (TPSA) is 134 Å². The Labute approximate surface area is 259 Å². The number of nitrogens with zero attached hydrogens (tertiary/aromatic N) is 2. The van der Waals surface area contributed by atoms with Gasteiger partial charge in [0.2, 0.25) is 11.5 Å². The van der Waals surface area contributed by atoms with Crippen LogP contribution in [0.2, 0.25) is 0 Å². The number of nitrogens with one attached hydrogen (secondary N) is 2. The fourth-order valence-electron chi connectivity index (χ4n) is 5.36. The molecule has 2 aliphatic rings. The third kappa shape index (κ3) is 6.49. The van der Waals surface area contributed by atoms with Gasteiger partial charge in [0.15, 0.2) is 0 Å². The third-order valence-electron chi connectivity index (χ3n) is 7.51. The number of imide groups is 1. The van der Waals surface area contributed by atoms with Gasteiger partial charge in [-0.3, -0.25) is 9.59 Å². The molecule has 0 bridgehead atoms. The van der Waals surface area contributed by atoms with Crippen molar-refractivity contribution in [2.45, 2.75) is 51.4 Å². The van der Waals surface area contributed by atoms with Crippen molar-refractivity contribution >= 4 is 41.3 Å². The summed E-state index contributed by atoms with van der Waals surface area (Å²) in [5, 5.41) is 5.14. The van der Waals surface area contributed by atoms with Crippen LogP contribution in [0.3, 0.4) is 0 Å². The smallest absolute Gasteiger partial charge is 0.418 e. The highest BCUT2D eigenvalue weighted by molar-refractivity contribution is 6.08. The van der Waals surface area contributed by atoms with E-state index in [2.05, 4.69) is 10.6 Å². The van der Waals surface area contributed by atoms with Crippen molar-refractivity contribution in [1.29, 1.82) is 0 Å². The van der Waals surface area contributed by atoms with E-state index in [1.807, 2.05) is 0 Å². The summed E-state index contributed by atoms with van der Waals surface area (Å²) in [5.41, 5.74) is 0.737. The summed E-state index contributed by atoms with van der Waals surface area (Å²) in [6, 6.07) is 16.3. The van der Waals surface area contributed by atoms with Crippen molar-refractivity contribution in [2.75, 3.05) is 23.8 Å². The number of carbonyl (C=O) groups is 5. The Morgan fingerprint density at radius 3 is 2.36 bits per heavy atom. The summed E-state index contributed by atoms with van der Waals surface area (Å²) in [7, 11) is 1.49. The van der Waals surface area contributed by atoms with Crippen LogP contribution in [0.1, 0.15) is 54.2 Å². The van der Waals surface area contributed by atoms with Gasteiger partial charge in [0.1, 0.15) is 18.0 Å². The number of hydrogen-bond donors (Lipinski definition) is 2. The second kappa shape index (κ2) is 12.0. The molecule has 1 spiro atoms. The molecule has 1 fully saturated rings. The first-order valence-corrected chi connectivity index (χ1v) is 14.3. The van der Waals surface area contributed by atoms with Gasteiger partial charge in [-0.05, 0) is 86.8 Å². The first kappa shape index (κ1) is 31.2. The lowest BCUT2D eigenvalue weighted by molar-refractivity contribution is -0.139. The number of halogens is 1. The first-order chi connectivity index (χ1) is 21.3. The second-order valence-electron chi connectivity index (χ2n) is 11.8. The number of anilines is 2. The molecule has 3 aromatic rings. The van der Waals surface area contributed by atoms with Gasteiger partial charge in [-0.2, -0.15) is 0 Å². The van der Waals surface area contributed by atoms with E-state index in [0.717, 1.165) is 10.5 Å². The normalized spacial score (nSPS) is 17.1. The van der Waals surface area contributed by atoms with Gasteiger partial charge in [0.25, 0.3) is 5.91 Å². The SMILES string of the molecule is CNC(=O)Nc1ccc2c(c1)CC[C@@]21OC(=O)N(CC(=O)N(Cc2ccc(F)cc2)c2ccc(C(=O)OC(C)(C)C)cc2)C1=O. The quantitative estimate of drug-likeness (QED) is 0.361. The zero-order valence-electron chi connectivity index (χ0n) is 25.3. The molecule has 1 saturated heterocycles. The predicted molar refractivity (Wildman–Crippen MR) is 162 cm³/mol. The highest BCUT2D eigenvalue weighted by atomic mass is 19.1. The number of carbonyl (C=O) groups excluding carboxylic acids is 5. The second-order valence-corrected chi connectivity index (χ2v) is 11.8. The molecular formula is C33H33FN4O7. The van der Waals surface area contributed by atoms with Crippen molar-refractivity contribution in [3.63, 3.8) is 0 Å². The largest absolute Gasteiger partial charge is 0.456 e. The number of amides is 5. The van der Waals surface area contributed by atoms with Crippen molar-refractivity contribution in [2.24, 2.45) is 0 Å². The van der Waals surface area contributed by atoms with E-state index in [1.165, 1.54) is 48.3 Å². The standard InChI is InChI=1S/C33H33FN4O7/c1-32(2,3)44-28(40)21-7-12-25(13-8-21)37(18-20-5-9-23(34)10-6-20)27(39)19-38-29(41)33(45-31(38)43)16-15-22-17-24(11-14-26(22)33)36-30(42)35-4/h5-14,17H,15-16,18-19H2,1-4H3,(H2,35,36,42)/t33-/m1/s1. The van der Waals surface area contributed by atoms with Gasteiger partial charge in [-0.1, -0.05) is 18.2 Å². The Hall–Kier alpha value is -5.26. The number of rotatable bonds is 7. The average Bonchev–Trinajstić information content (AvgIpc) is 3.47. The monoisotopic (exact) mass is 616 g/mol. The Morgan fingerprint density at radius 1 is 1.02 bits per heavy atom. The van der Waals surface area contributed by atoms with Crippen molar-refractivity contribution in [3.8, 4) is 0 Å². The molecule has 1 aliphatic heterocycles. The fraction of sp³-hybridized carbons (Fsp3) is 0.303. The maximum absolute atomic E-state index is 13.8. The summed E-state index contributed by atoms with van der Waals surface area (Å²) < 4.78 is 24.7. The highest BCUT2D eigenvalue weighted by Gasteiger charge is 2.58. The Bertz CT molecular complexity index is 1670. The van der Waals surface area contributed by atoms with Gasteiger partial charge in [0.05, 0.1) is 12.1 Å². The van der Waals surface area contributed by atoms with Gasteiger partial charge in [-0.15, -0.1) is 0 Å². The van der Waals surface area contributed by atoms with E-state index in [9.17, 15) is 28.4 Å². The Kier molecular flexibility index (Phi) is 8.33. The van der Waals surface area contributed by atoms with Crippen LogP contribution in [0, 0.1) is 5.82 Å². The summed E-state index contributed by atoms with van der Waals surface area (Å²) in [5.74, 6) is -2.24. The van der Waals surface area contributed by atoms with Gasteiger partial charge in [0, 0.05) is 30.4 Å². The molecule has 234 valence electrons. The molecule has 0 aromatic heterocycles. The third-order valence-corrected chi connectivity index (χ3v) is 7.51. The van der Waals surface area contributed by atoms with E-state index in [4.69, 9.17) is 9.47 Å². The Morgan fingerprint density at radius 2 is 1.71 bits per heavy atom. The molecule has 5 rings (SSSR count). The molecule has 45 heavy (non-hydrogen) atoms. The fourth-order valence-corrected chi connectivity index (χ4v) is 5.36. The van der Waals surface area contributed by atoms with Crippen LogP contribution < -0.4 is 15.5 Å². The minimum absolute atomic E-state index is 0.00291. The predicted octanol–water partition coefficient (Wildman–Crippen LogP) is 4.89.